The Hall–Kier alpha value is -2.78. The van der Waals surface area contributed by atoms with Crippen molar-refractivity contribution in [2.75, 3.05) is 10.8 Å². The van der Waals surface area contributed by atoms with Crippen molar-refractivity contribution in [2.45, 2.75) is 64.1 Å². The first-order valence-electron chi connectivity index (χ1n) is 13.0. The summed E-state index contributed by atoms with van der Waals surface area (Å²) >= 11 is 19.1. The second-order valence-corrected chi connectivity index (χ2v) is 13.8. The number of amides is 2. The van der Waals surface area contributed by atoms with Gasteiger partial charge in [-0.05, 0) is 76.1 Å². The zero-order valence-electron chi connectivity index (χ0n) is 23.6. The summed E-state index contributed by atoms with van der Waals surface area (Å²) < 4.78 is 28.9. The summed E-state index contributed by atoms with van der Waals surface area (Å²) in [6.45, 7) is 8.50. The average Bonchev–Trinajstić information content (AvgIpc) is 2.88. The number of benzene rings is 3. The van der Waals surface area contributed by atoms with Gasteiger partial charge in [0.25, 0.3) is 10.0 Å². The van der Waals surface area contributed by atoms with Gasteiger partial charge in [-0.15, -0.1) is 0 Å². The lowest BCUT2D eigenvalue weighted by Gasteiger charge is -2.35. The van der Waals surface area contributed by atoms with Crippen LogP contribution in [0.25, 0.3) is 0 Å². The molecule has 0 fully saturated rings. The first-order chi connectivity index (χ1) is 19.1. The van der Waals surface area contributed by atoms with Crippen LogP contribution < -0.4 is 9.62 Å². The molecule has 0 heterocycles. The van der Waals surface area contributed by atoms with Crippen LogP contribution in [0.1, 0.15) is 45.2 Å². The van der Waals surface area contributed by atoms with Crippen LogP contribution in [-0.2, 0) is 26.2 Å². The van der Waals surface area contributed by atoms with Gasteiger partial charge >= 0.3 is 0 Å². The Bertz CT molecular complexity index is 1510. The van der Waals surface area contributed by atoms with Gasteiger partial charge in [0.05, 0.1) is 15.6 Å². The molecule has 220 valence electrons. The molecule has 0 saturated carbocycles. The summed E-state index contributed by atoms with van der Waals surface area (Å²) in [6, 6.07) is 16.7. The van der Waals surface area contributed by atoms with Crippen LogP contribution >= 0.6 is 34.8 Å². The lowest BCUT2D eigenvalue weighted by molar-refractivity contribution is -0.141. The van der Waals surface area contributed by atoms with Crippen molar-refractivity contribution in [1.82, 2.24) is 10.2 Å². The lowest BCUT2D eigenvalue weighted by atomic mass is 10.1. The molecular weight excluding hydrogens is 605 g/mol. The van der Waals surface area contributed by atoms with E-state index in [9.17, 15) is 18.0 Å². The third-order valence-corrected chi connectivity index (χ3v) is 8.94. The average molecular weight is 639 g/mol. The second kappa shape index (κ2) is 13.5. The van der Waals surface area contributed by atoms with Crippen molar-refractivity contribution < 1.29 is 18.0 Å². The van der Waals surface area contributed by atoms with E-state index in [0.29, 0.717) is 10.6 Å². The minimum Gasteiger partial charge on any atom is -0.350 e. The number of hydrogen-bond donors (Lipinski definition) is 1. The minimum absolute atomic E-state index is 0.0176. The fourth-order valence-electron chi connectivity index (χ4n) is 4.21. The fourth-order valence-corrected chi connectivity index (χ4v) is 6.27. The van der Waals surface area contributed by atoms with Crippen LogP contribution in [0.5, 0.6) is 0 Å². The molecule has 0 aliphatic rings. The predicted octanol–water partition coefficient (Wildman–Crippen LogP) is 6.87. The molecule has 0 unspecified atom stereocenters. The first-order valence-corrected chi connectivity index (χ1v) is 15.6. The quantitative estimate of drug-likeness (QED) is 0.263. The van der Waals surface area contributed by atoms with Gasteiger partial charge in [-0.1, -0.05) is 77.6 Å². The number of carbonyl (C=O) groups is 2. The van der Waals surface area contributed by atoms with Gasteiger partial charge in [-0.25, -0.2) is 8.42 Å². The number of nitrogens with one attached hydrogen (secondary N) is 1. The summed E-state index contributed by atoms with van der Waals surface area (Å²) in [4.78, 5) is 28.9. The van der Waals surface area contributed by atoms with Crippen molar-refractivity contribution in [3.63, 3.8) is 0 Å². The summed E-state index contributed by atoms with van der Waals surface area (Å²) in [5, 5.41) is 3.68. The van der Waals surface area contributed by atoms with E-state index in [4.69, 9.17) is 34.8 Å². The normalized spacial score (nSPS) is 12.5. The number of hydrogen-bond acceptors (Lipinski definition) is 4. The van der Waals surface area contributed by atoms with Crippen LogP contribution in [0.3, 0.4) is 0 Å². The van der Waals surface area contributed by atoms with E-state index in [2.05, 4.69) is 5.32 Å². The van der Waals surface area contributed by atoms with Gasteiger partial charge in [0.2, 0.25) is 11.8 Å². The summed E-state index contributed by atoms with van der Waals surface area (Å²) in [5.74, 6) is -0.985. The molecule has 0 radical (unpaired) electrons. The molecule has 1 N–H and O–H groups in total. The highest BCUT2D eigenvalue weighted by molar-refractivity contribution is 7.92. The zero-order chi connectivity index (χ0) is 30.5. The molecule has 3 rings (SSSR count). The predicted molar refractivity (Wildman–Crippen MR) is 166 cm³/mol. The Labute approximate surface area is 257 Å². The van der Waals surface area contributed by atoms with E-state index < -0.39 is 34.1 Å². The molecule has 0 bridgehead atoms. The Morgan fingerprint density at radius 3 is 2.15 bits per heavy atom. The topological polar surface area (TPSA) is 86.8 Å². The summed E-state index contributed by atoms with van der Waals surface area (Å²) in [7, 11) is -4.29. The Balaban J connectivity index is 2.13. The second-order valence-electron chi connectivity index (χ2n) is 10.7. The lowest BCUT2D eigenvalue weighted by Crippen LogP contribution is -2.55. The molecule has 0 aromatic heterocycles. The molecule has 0 spiro atoms. The zero-order valence-corrected chi connectivity index (χ0v) is 26.7. The smallest absolute Gasteiger partial charge is 0.264 e. The Morgan fingerprint density at radius 2 is 1.56 bits per heavy atom. The molecule has 3 aromatic rings. The number of rotatable bonds is 10. The van der Waals surface area contributed by atoms with E-state index in [1.807, 2.05) is 27.7 Å². The van der Waals surface area contributed by atoms with Gasteiger partial charge < -0.3 is 10.2 Å². The number of nitrogens with zero attached hydrogens (tertiary/aromatic N) is 2. The summed E-state index contributed by atoms with van der Waals surface area (Å²) in [5.41, 5.74) is 0.962. The van der Waals surface area contributed by atoms with Crippen molar-refractivity contribution in [2.24, 2.45) is 0 Å². The van der Waals surface area contributed by atoms with E-state index >= 15 is 0 Å². The maximum atomic E-state index is 14.2. The first kappa shape index (κ1) is 32.7. The van der Waals surface area contributed by atoms with Crippen LogP contribution in [0.4, 0.5) is 5.69 Å². The van der Waals surface area contributed by atoms with Crippen molar-refractivity contribution in [3.8, 4) is 0 Å². The van der Waals surface area contributed by atoms with Gasteiger partial charge in [0, 0.05) is 22.1 Å². The van der Waals surface area contributed by atoms with Crippen molar-refractivity contribution in [3.05, 3.63) is 92.9 Å². The monoisotopic (exact) mass is 637 g/mol. The Morgan fingerprint density at radius 1 is 0.927 bits per heavy atom. The number of aryl methyl sites for hydroxylation is 1. The number of sulfonamides is 1. The molecule has 11 heteroatoms. The van der Waals surface area contributed by atoms with E-state index in [0.717, 1.165) is 9.87 Å². The summed E-state index contributed by atoms with van der Waals surface area (Å²) in [6.07, 6.45) is 0.279. The van der Waals surface area contributed by atoms with Gasteiger partial charge in [0.15, 0.2) is 0 Å². The third kappa shape index (κ3) is 8.38. The SMILES string of the molecule is CC[C@H](C(=O)NC(C)(C)C)N(Cc1ccccc1Cl)C(=O)CN(c1cc(Cl)ccc1Cl)S(=O)(=O)c1ccc(C)cc1. The molecule has 2 amide bonds. The van der Waals surface area contributed by atoms with Crippen LogP contribution in [0.15, 0.2) is 71.6 Å². The number of carbonyl (C=O) groups excluding carboxylic acids is 2. The highest BCUT2D eigenvalue weighted by atomic mass is 35.5. The van der Waals surface area contributed by atoms with Gasteiger partial charge in [-0.3, -0.25) is 13.9 Å². The molecule has 1 atom stereocenters. The van der Waals surface area contributed by atoms with E-state index in [1.165, 1.54) is 35.2 Å². The molecular formula is C30H34Cl3N3O4S. The molecule has 7 nitrogen and oxygen atoms in total. The molecule has 0 aliphatic heterocycles. The van der Waals surface area contributed by atoms with Crippen LogP contribution in [-0.4, -0.2) is 43.3 Å². The largest absolute Gasteiger partial charge is 0.350 e. The third-order valence-electron chi connectivity index (χ3n) is 6.25. The molecule has 0 saturated heterocycles. The van der Waals surface area contributed by atoms with Crippen LogP contribution in [0, 0.1) is 6.92 Å². The van der Waals surface area contributed by atoms with Crippen molar-refractivity contribution >= 4 is 62.3 Å². The van der Waals surface area contributed by atoms with Crippen LogP contribution in [0.2, 0.25) is 15.1 Å². The Kier molecular flexibility index (Phi) is 10.7. The van der Waals surface area contributed by atoms with E-state index in [-0.39, 0.29) is 39.5 Å². The molecule has 0 aliphatic carbocycles. The highest BCUT2D eigenvalue weighted by Crippen LogP contribution is 2.33. The number of halogens is 3. The fraction of sp³-hybridized carbons (Fsp3) is 0.333. The van der Waals surface area contributed by atoms with E-state index in [1.54, 1.807) is 43.3 Å². The molecule has 41 heavy (non-hydrogen) atoms. The maximum absolute atomic E-state index is 14.2. The highest BCUT2D eigenvalue weighted by Gasteiger charge is 2.35. The standard InChI is InChI=1S/C30H34Cl3N3O4S/c1-6-26(29(38)34-30(3,4)5)35(18-21-9-7-8-10-24(21)32)28(37)19-36(27-17-22(31)13-16-25(27)33)41(39,40)23-14-11-20(2)12-15-23/h7-17,26H,6,18-19H2,1-5H3,(H,34,38)/t26-/m1/s1. The molecule has 3 aromatic carbocycles. The maximum Gasteiger partial charge on any atom is 0.264 e. The van der Waals surface area contributed by atoms with Gasteiger partial charge in [-0.2, -0.15) is 0 Å². The number of anilines is 1. The van der Waals surface area contributed by atoms with Crippen molar-refractivity contribution in [1.29, 1.82) is 0 Å². The minimum atomic E-state index is -4.29. The van der Waals surface area contributed by atoms with Gasteiger partial charge in [0.1, 0.15) is 12.6 Å².